The van der Waals surface area contributed by atoms with Gasteiger partial charge in [-0.1, -0.05) is 194 Å². The Hall–Kier alpha value is -7.52. The van der Waals surface area contributed by atoms with Crippen molar-refractivity contribution >= 4 is 59.3 Å². The highest BCUT2D eigenvalue weighted by Crippen LogP contribution is 2.65. The molecular formula is C59H37NS. The number of benzene rings is 10. The van der Waals surface area contributed by atoms with Crippen molar-refractivity contribution in [1.82, 2.24) is 0 Å². The van der Waals surface area contributed by atoms with Crippen molar-refractivity contribution in [3.05, 3.63) is 247 Å². The van der Waals surface area contributed by atoms with E-state index < -0.39 is 5.41 Å². The molecule has 0 bridgehead atoms. The largest absolute Gasteiger partial charge is 0.308 e. The molecule has 0 amide bonds. The fraction of sp³-hybridized carbons (Fsp3) is 0.0169. The summed E-state index contributed by atoms with van der Waals surface area (Å²) in [5.74, 6) is 0. The molecule has 10 aromatic carbocycles. The molecule has 11 aromatic rings. The number of hydrogen-bond donors (Lipinski definition) is 0. The third-order valence-electron chi connectivity index (χ3n) is 13.3. The maximum absolute atomic E-state index is 2.56. The van der Waals surface area contributed by atoms with E-state index in [4.69, 9.17) is 0 Å². The molecule has 61 heavy (non-hydrogen) atoms. The van der Waals surface area contributed by atoms with Crippen LogP contribution in [-0.2, 0) is 5.41 Å². The minimum Gasteiger partial charge on any atom is -0.308 e. The molecule has 1 aromatic heterocycles. The van der Waals surface area contributed by atoms with Gasteiger partial charge in [0.2, 0.25) is 0 Å². The van der Waals surface area contributed by atoms with Gasteiger partial charge in [0, 0.05) is 32.1 Å². The molecule has 0 fully saturated rings. The summed E-state index contributed by atoms with van der Waals surface area (Å²) in [6.07, 6.45) is 0. The zero-order valence-electron chi connectivity index (χ0n) is 33.2. The van der Waals surface area contributed by atoms with Crippen LogP contribution in [0.15, 0.2) is 224 Å². The van der Waals surface area contributed by atoms with E-state index in [1.54, 1.807) is 0 Å². The number of fused-ring (bicyclic) bond motifs is 15. The average Bonchev–Trinajstić information content (AvgIpc) is 3.97. The van der Waals surface area contributed by atoms with Crippen LogP contribution in [0.4, 0.5) is 17.1 Å². The molecule has 0 aliphatic heterocycles. The number of anilines is 3. The van der Waals surface area contributed by atoms with Crippen molar-refractivity contribution in [2.24, 2.45) is 0 Å². The van der Waals surface area contributed by atoms with Crippen LogP contribution in [0.5, 0.6) is 0 Å². The van der Waals surface area contributed by atoms with Gasteiger partial charge in [0.25, 0.3) is 0 Å². The van der Waals surface area contributed by atoms with Crippen LogP contribution in [0, 0.1) is 0 Å². The predicted octanol–water partition coefficient (Wildman–Crippen LogP) is 16.4. The van der Waals surface area contributed by atoms with Gasteiger partial charge in [-0.3, -0.25) is 0 Å². The second-order valence-electron chi connectivity index (χ2n) is 16.3. The Morgan fingerprint density at radius 1 is 0.311 bits per heavy atom. The van der Waals surface area contributed by atoms with Crippen LogP contribution in [0.2, 0.25) is 0 Å². The van der Waals surface area contributed by atoms with Crippen LogP contribution in [0.1, 0.15) is 22.3 Å². The van der Waals surface area contributed by atoms with E-state index in [0.29, 0.717) is 0 Å². The first-order valence-corrected chi connectivity index (χ1v) is 21.9. The van der Waals surface area contributed by atoms with Crippen LogP contribution in [0.25, 0.3) is 75.5 Å². The quantitative estimate of drug-likeness (QED) is 0.168. The maximum atomic E-state index is 2.56. The van der Waals surface area contributed by atoms with Gasteiger partial charge in [-0.15, -0.1) is 11.3 Å². The number of rotatable bonds is 5. The predicted molar refractivity (Wildman–Crippen MR) is 259 cm³/mol. The van der Waals surface area contributed by atoms with E-state index in [0.717, 1.165) is 5.69 Å². The summed E-state index contributed by atoms with van der Waals surface area (Å²) in [6, 6.07) is 83.4. The second kappa shape index (κ2) is 13.2. The molecule has 13 rings (SSSR count). The minimum atomic E-state index is -0.441. The van der Waals surface area contributed by atoms with Crippen LogP contribution < -0.4 is 4.90 Å². The molecule has 2 heteroatoms. The smallest absolute Gasteiger partial charge is 0.0726 e. The first kappa shape index (κ1) is 34.4. The van der Waals surface area contributed by atoms with Crippen molar-refractivity contribution in [3.63, 3.8) is 0 Å². The normalized spacial score (nSPS) is 13.0. The highest BCUT2D eigenvalue weighted by atomic mass is 32.1. The summed E-state index contributed by atoms with van der Waals surface area (Å²) in [5.41, 5.74) is 18.5. The van der Waals surface area contributed by atoms with Crippen molar-refractivity contribution in [2.75, 3.05) is 4.90 Å². The van der Waals surface area contributed by atoms with E-state index in [9.17, 15) is 0 Å². The van der Waals surface area contributed by atoms with E-state index >= 15 is 0 Å². The molecule has 1 nitrogen and oxygen atoms in total. The summed E-state index contributed by atoms with van der Waals surface area (Å²) in [7, 11) is 0. The molecule has 2 aliphatic rings. The second-order valence-corrected chi connectivity index (χ2v) is 17.3. The van der Waals surface area contributed by atoms with Gasteiger partial charge >= 0.3 is 0 Å². The van der Waals surface area contributed by atoms with Crippen LogP contribution >= 0.6 is 11.3 Å². The SMILES string of the molecule is c1ccc(-c2cccc(N(c3cccc4c3-c3ccccc3C43c4ccccc4-c4ccccc43)c3cccc4c3sc3c5ccccc5c(-c5ccccc5)cc43)c2)cc1. The summed E-state index contributed by atoms with van der Waals surface area (Å²) < 4.78 is 2.59. The van der Waals surface area contributed by atoms with Crippen molar-refractivity contribution in [3.8, 4) is 44.5 Å². The number of thiophene rings is 1. The van der Waals surface area contributed by atoms with Crippen molar-refractivity contribution in [2.45, 2.75) is 5.41 Å². The highest BCUT2D eigenvalue weighted by molar-refractivity contribution is 7.27. The summed E-state index contributed by atoms with van der Waals surface area (Å²) in [6.45, 7) is 0. The molecule has 0 saturated carbocycles. The topological polar surface area (TPSA) is 3.24 Å². The lowest BCUT2D eigenvalue weighted by Crippen LogP contribution is -2.26. The van der Waals surface area contributed by atoms with Crippen molar-refractivity contribution in [1.29, 1.82) is 0 Å². The molecule has 284 valence electrons. The van der Waals surface area contributed by atoms with Gasteiger partial charge in [0.05, 0.1) is 21.5 Å². The minimum absolute atomic E-state index is 0.441. The summed E-state index contributed by atoms with van der Waals surface area (Å²) in [4.78, 5) is 2.56. The fourth-order valence-corrected chi connectivity index (χ4v) is 12.1. The molecule has 0 radical (unpaired) electrons. The van der Waals surface area contributed by atoms with Gasteiger partial charge in [-0.05, 0) is 96.9 Å². The Balaban J connectivity index is 1.13. The zero-order valence-corrected chi connectivity index (χ0v) is 34.0. The van der Waals surface area contributed by atoms with Crippen LogP contribution in [-0.4, -0.2) is 0 Å². The standard InChI is InChI=1S/C59H37NS/c1-3-18-38(19-4-1)40-22-15-23-41(36-40)60(55-35-16-29-46-49-37-48(39-20-5-2-6-21-39)42-24-7-8-27-45(42)57(49)61-58(46)55)54-34-17-33-53-56(54)47-28-11-14-32-52(47)59(53)50-30-12-9-25-43(50)44-26-10-13-31-51(44)59/h1-37H. The number of nitrogens with zero attached hydrogens (tertiary/aromatic N) is 1. The lowest BCUT2D eigenvalue weighted by molar-refractivity contribution is 0.794. The molecule has 0 unspecified atom stereocenters. The Kier molecular flexibility index (Phi) is 7.46. The summed E-state index contributed by atoms with van der Waals surface area (Å²) >= 11 is 1.92. The Bertz CT molecular complexity index is 3500. The fourth-order valence-electron chi connectivity index (χ4n) is 10.8. The third-order valence-corrected chi connectivity index (χ3v) is 14.5. The molecule has 0 saturated heterocycles. The number of hydrogen-bond acceptors (Lipinski definition) is 2. The molecule has 0 N–H and O–H groups in total. The first-order chi connectivity index (χ1) is 30.3. The maximum Gasteiger partial charge on any atom is 0.0726 e. The van der Waals surface area contributed by atoms with E-state index in [1.165, 1.54) is 109 Å². The van der Waals surface area contributed by atoms with E-state index in [-0.39, 0.29) is 0 Å². The highest BCUT2D eigenvalue weighted by Gasteiger charge is 2.52. The van der Waals surface area contributed by atoms with E-state index in [1.807, 2.05) is 11.3 Å². The van der Waals surface area contributed by atoms with E-state index in [2.05, 4.69) is 229 Å². The third kappa shape index (κ3) is 4.83. The molecular weight excluding hydrogens is 755 g/mol. The molecule has 1 heterocycles. The van der Waals surface area contributed by atoms with Crippen LogP contribution in [0.3, 0.4) is 0 Å². The molecule has 1 spiro atoms. The van der Waals surface area contributed by atoms with Gasteiger partial charge < -0.3 is 4.90 Å². The van der Waals surface area contributed by atoms with Gasteiger partial charge in [0.1, 0.15) is 0 Å². The Morgan fingerprint density at radius 2 is 0.820 bits per heavy atom. The van der Waals surface area contributed by atoms with Gasteiger partial charge in [-0.2, -0.15) is 0 Å². The first-order valence-electron chi connectivity index (χ1n) is 21.1. The zero-order chi connectivity index (χ0) is 40.1. The lowest BCUT2D eigenvalue weighted by Gasteiger charge is -2.32. The molecule has 0 atom stereocenters. The monoisotopic (exact) mass is 791 g/mol. The van der Waals surface area contributed by atoms with Crippen molar-refractivity contribution < 1.29 is 0 Å². The lowest BCUT2D eigenvalue weighted by atomic mass is 9.70. The molecule has 2 aliphatic carbocycles. The average molecular weight is 792 g/mol. The Morgan fingerprint density at radius 3 is 1.56 bits per heavy atom. The van der Waals surface area contributed by atoms with Gasteiger partial charge in [-0.25, -0.2) is 0 Å². The Labute approximate surface area is 359 Å². The van der Waals surface area contributed by atoms with Gasteiger partial charge in [0.15, 0.2) is 0 Å². The summed E-state index contributed by atoms with van der Waals surface area (Å²) in [5, 5.41) is 5.13.